The minimum absolute atomic E-state index is 0.0774. The van der Waals surface area contributed by atoms with Crippen LogP contribution in [0, 0.1) is 5.82 Å². The van der Waals surface area contributed by atoms with Gasteiger partial charge in [-0.2, -0.15) is 5.10 Å². The van der Waals surface area contributed by atoms with Gasteiger partial charge in [-0.15, -0.1) is 0 Å². The number of hydrogen-bond acceptors (Lipinski definition) is 3. The molecule has 0 spiro atoms. The van der Waals surface area contributed by atoms with Crippen LogP contribution in [0.15, 0.2) is 18.3 Å². The Bertz CT molecular complexity index is 493. The predicted octanol–water partition coefficient (Wildman–Crippen LogP) is 1.63. The zero-order chi connectivity index (χ0) is 10.1. The zero-order valence-corrected chi connectivity index (χ0v) is 7.37. The summed E-state index contributed by atoms with van der Waals surface area (Å²) in [6.07, 6.45) is 1.34. The van der Waals surface area contributed by atoms with Gasteiger partial charge >= 0.3 is 5.97 Å². The Morgan fingerprint density at radius 3 is 3.07 bits per heavy atom. The monoisotopic (exact) mass is 194 g/mol. The first-order valence-corrected chi connectivity index (χ1v) is 3.98. The van der Waals surface area contributed by atoms with Gasteiger partial charge in [-0.1, -0.05) is 0 Å². The van der Waals surface area contributed by atoms with E-state index in [1.165, 1.54) is 19.2 Å². The second kappa shape index (κ2) is 3.10. The normalized spacial score (nSPS) is 10.4. The zero-order valence-electron chi connectivity index (χ0n) is 7.37. The molecule has 0 atom stereocenters. The number of aromatic amines is 1. The predicted molar refractivity (Wildman–Crippen MR) is 47.4 cm³/mol. The Hall–Kier alpha value is -1.91. The number of nitrogens with zero attached hydrogens (tertiary/aromatic N) is 1. The molecule has 1 aromatic carbocycles. The van der Waals surface area contributed by atoms with Crippen LogP contribution in [-0.2, 0) is 4.79 Å². The maximum atomic E-state index is 13.5. The van der Waals surface area contributed by atoms with E-state index in [4.69, 9.17) is 0 Å². The van der Waals surface area contributed by atoms with Crippen LogP contribution in [0.1, 0.15) is 6.92 Å². The van der Waals surface area contributed by atoms with Gasteiger partial charge in [0.05, 0.1) is 17.1 Å². The molecular formula is C9H7FN2O2. The molecule has 1 heterocycles. The van der Waals surface area contributed by atoms with Crippen molar-refractivity contribution >= 4 is 16.9 Å². The number of esters is 1. The number of nitrogens with one attached hydrogen (secondary N) is 1. The van der Waals surface area contributed by atoms with Gasteiger partial charge in [0.25, 0.3) is 0 Å². The molecule has 0 amide bonds. The van der Waals surface area contributed by atoms with Gasteiger partial charge in [-0.25, -0.2) is 4.39 Å². The van der Waals surface area contributed by atoms with E-state index in [-0.39, 0.29) is 5.75 Å². The highest BCUT2D eigenvalue weighted by Gasteiger charge is 2.10. The summed E-state index contributed by atoms with van der Waals surface area (Å²) in [4.78, 5) is 10.6. The average molecular weight is 194 g/mol. The van der Waals surface area contributed by atoms with Crippen molar-refractivity contribution < 1.29 is 13.9 Å². The molecule has 14 heavy (non-hydrogen) atoms. The Morgan fingerprint density at radius 2 is 2.36 bits per heavy atom. The van der Waals surface area contributed by atoms with E-state index >= 15 is 0 Å². The summed E-state index contributed by atoms with van der Waals surface area (Å²) in [5, 5.41) is 6.60. The summed E-state index contributed by atoms with van der Waals surface area (Å²) in [7, 11) is 0. The van der Waals surface area contributed by atoms with Gasteiger partial charge in [0, 0.05) is 6.92 Å². The van der Waals surface area contributed by atoms with Crippen LogP contribution in [0.3, 0.4) is 0 Å². The maximum absolute atomic E-state index is 13.5. The van der Waals surface area contributed by atoms with Crippen LogP contribution < -0.4 is 4.74 Å². The molecule has 0 aliphatic heterocycles. The molecule has 0 aliphatic carbocycles. The van der Waals surface area contributed by atoms with Crippen molar-refractivity contribution in [1.29, 1.82) is 0 Å². The van der Waals surface area contributed by atoms with E-state index in [0.717, 1.165) is 0 Å². The molecule has 72 valence electrons. The Labute approximate surface area is 78.7 Å². The van der Waals surface area contributed by atoms with Crippen LogP contribution in [0.25, 0.3) is 10.9 Å². The largest absolute Gasteiger partial charge is 0.424 e. The lowest BCUT2D eigenvalue weighted by molar-refractivity contribution is -0.132. The van der Waals surface area contributed by atoms with Gasteiger partial charge in [0.15, 0.2) is 11.6 Å². The van der Waals surface area contributed by atoms with Crippen molar-refractivity contribution in [3.8, 4) is 5.75 Å². The standard InChI is InChI=1S/C9H7FN2O2/c1-5(13)14-8-3-2-7-6(9(8)10)4-11-12-7/h2-4H,1H3,(H,11,12). The molecule has 0 bridgehead atoms. The molecule has 0 radical (unpaired) electrons. The fraction of sp³-hybridized carbons (Fsp3) is 0.111. The van der Waals surface area contributed by atoms with Crippen LogP contribution >= 0.6 is 0 Å². The number of aromatic nitrogens is 2. The van der Waals surface area contributed by atoms with Crippen LogP contribution in [0.2, 0.25) is 0 Å². The summed E-state index contributed by atoms with van der Waals surface area (Å²) in [5.41, 5.74) is 0.568. The molecule has 2 aromatic rings. The van der Waals surface area contributed by atoms with E-state index in [9.17, 15) is 9.18 Å². The molecule has 0 fully saturated rings. The molecule has 5 heteroatoms. The minimum atomic E-state index is -0.577. The summed E-state index contributed by atoms with van der Waals surface area (Å²) >= 11 is 0. The molecule has 1 N–H and O–H groups in total. The van der Waals surface area contributed by atoms with Gasteiger partial charge < -0.3 is 4.74 Å². The highest BCUT2D eigenvalue weighted by molar-refractivity contribution is 5.81. The molecule has 0 unspecified atom stereocenters. The molecule has 1 aromatic heterocycles. The van der Waals surface area contributed by atoms with Crippen molar-refractivity contribution in [3.05, 3.63) is 24.1 Å². The second-order valence-corrected chi connectivity index (χ2v) is 2.80. The fourth-order valence-electron chi connectivity index (χ4n) is 1.20. The minimum Gasteiger partial charge on any atom is -0.424 e. The summed E-state index contributed by atoms with van der Waals surface area (Å²) in [5.74, 6) is -1.20. The molecule has 2 rings (SSSR count). The van der Waals surface area contributed by atoms with Crippen LogP contribution in [0.4, 0.5) is 4.39 Å². The van der Waals surface area contributed by atoms with Gasteiger partial charge in [0.1, 0.15) is 0 Å². The molecule has 0 saturated carbocycles. The molecule has 0 saturated heterocycles. The van der Waals surface area contributed by atoms with E-state index in [2.05, 4.69) is 14.9 Å². The third kappa shape index (κ3) is 1.32. The lowest BCUT2D eigenvalue weighted by atomic mass is 10.2. The van der Waals surface area contributed by atoms with E-state index in [1.807, 2.05) is 0 Å². The number of halogens is 1. The molecular weight excluding hydrogens is 187 g/mol. The summed E-state index contributed by atoms with van der Waals surface area (Å²) < 4.78 is 18.2. The lowest BCUT2D eigenvalue weighted by Crippen LogP contribution is -2.03. The molecule has 0 aliphatic rings. The van der Waals surface area contributed by atoms with E-state index in [1.54, 1.807) is 6.07 Å². The van der Waals surface area contributed by atoms with Crippen LogP contribution in [-0.4, -0.2) is 16.2 Å². The Morgan fingerprint density at radius 1 is 1.57 bits per heavy atom. The first-order chi connectivity index (χ1) is 6.68. The number of hydrogen-bond donors (Lipinski definition) is 1. The first kappa shape index (κ1) is 8.68. The second-order valence-electron chi connectivity index (χ2n) is 2.80. The topological polar surface area (TPSA) is 55.0 Å². The van der Waals surface area contributed by atoms with E-state index < -0.39 is 11.8 Å². The van der Waals surface area contributed by atoms with Gasteiger partial charge in [-0.3, -0.25) is 9.89 Å². The SMILES string of the molecule is CC(=O)Oc1ccc2[nH]ncc2c1F. The number of fused-ring (bicyclic) bond motifs is 1. The third-order valence-electron chi connectivity index (χ3n) is 1.78. The number of carbonyl (C=O) groups excluding carboxylic acids is 1. The van der Waals surface area contributed by atoms with Crippen molar-refractivity contribution in [2.24, 2.45) is 0 Å². The summed E-state index contributed by atoms with van der Waals surface area (Å²) in [6.45, 7) is 1.22. The maximum Gasteiger partial charge on any atom is 0.308 e. The highest BCUT2D eigenvalue weighted by Crippen LogP contribution is 2.24. The van der Waals surface area contributed by atoms with Crippen molar-refractivity contribution in [2.45, 2.75) is 6.92 Å². The van der Waals surface area contributed by atoms with Crippen molar-refractivity contribution in [3.63, 3.8) is 0 Å². The van der Waals surface area contributed by atoms with Crippen molar-refractivity contribution in [1.82, 2.24) is 10.2 Å². The first-order valence-electron chi connectivity index (χ1n) is 3.98. The van der Waals surface area contributed by atoms with Gasteiger partial charge in [-0.05, 0) is 12.1 Å². The average Bonchev–Trinajstić information content (AvgIpc) is 2.57. The highest BCUT2D eigenvalue weighted by atomic mass is 19.1. The smallest absolute Gasteiger partial charge is 0.308 e. The number of rotatable bonds is 1. The van der Waals surface area contributed by atoms with Crippen molar-refractivity contribution in [2.75, 3.05) is 0 Å². The molecule has 4 nitrogen and oxygen atoms in total. The van der Waals surface area contributed by atoms with Crippen LogP contribution in [0.5, 0.6) is 5.75 Å². The number of carbonyl (C=O) groups is 1. The Balaban J connectivity index is 2.56. The quantitative estimate of drug-likeness (QED) is 0.554. The third-order valence-corrected chi connectivity index (χ3v) is 1.78. The Kier molecular flexibility index (Phi) is 1.92. The lowest BCUT2D eigenvalue weighted by Gasteiger charge is -2.02. The fourth-order valence-corrected chi connectivity index (χ4v) is 1.20. The van der Waals surface area contributed by atoms with E-state index in [0.29, 0.717) is 10.9 Å². The number of benzene rings is 1. The number of ether oxygens (including phenoxy) is 1. The van der Waals surface area contributed by atoms with Gasteiger partial charge in [0.2, 0.25) is 0 Å². The summed E-state index contributed by atoms with van der Waals surface area (Å²) in [6, 6.07) is 2.99. The number of H-pyrrole nitrogens is 1.